The summed E-state index contributed by atoms with van der Waals surface area (Å²) in [5, 5.41) is 8.88. The quantitative estimate of drug-likeness (QED) is 0.762. The Bertz CT molecular complexity index is 634. The van der Waals surface area contributed by atoms with Crippen molar-refractivity contribution >= 4 is 5.78 Å². The molecular formula is C13H18N4O. The third kappa shape index (κ3) is 1.66. The Balaban J connectivity index is 2.75. The van der Waals surface area contributed by atoms with Gasteiger partial charge in [-0.05, 0) is 27.7 Å². The van der Waals surface area contributed by atoms with Crippen molar-refractivity contribution in [1.82, 2.24) is 19.6 Å². The minimum absolute atomic E-state index is 0.0100. The molecule has 0 aliphatic heterocycles. The lowest BCUT2D eigenvalue weighted by atomic mass is 10.1. The SMILES string of the molecule is CC(=O)c1c(C)c(C)nn1-c1nn(C)c(C)c1C. The van der Waals surface area contributed by atoms with Crippen molar-refractivity contribution in [2.45, 2.75) is 34.6 Å². The Morgan fingerprint density at radius 3 is 2.11 bits per heavy atom. The van der Waals surface area contributed by atoms with Crippen LogP contribution in [-0.2, 0) is 7.05 Å². The molecule has 2 rings (SSSR count). The Kier molecular flexibility index (Phi) is 2.84. The molecule has 0 bridgehead atoms. The third-order valence-electron chi connectivity index (χ3n) is 3.50. The van der Waals surface area contributed by atoms with Crippen LogP contribution in [0, 0.1) is 27.7 Å². The van der Waals surface area contributed by atoms with Crippen LogP contribution in [0.5, 0.6) is 0 Å². The van der Waals surface area contributed by atoms with Crippen LogP contribution in [0.15, 0.2) is 0 Å². The van der Waals surface area contributed by atoms with E-state index in [0.29, 0.717) is 5.69 Å². The Morgan fingerprint density at radius 1 is 1.06 bits per heavy atom. The van der Waals surface area contributed by atoms with Crippen molar-refractivity contribution in [3.63, 3.8) is 0 Å². The van der Waals surface area contributed by atoms with Gasteiger partial charge in [0.15, 0.2) is 11.6 Å². The van der Waals surface area contributed by atoms with E-state index in [9.17, 15) is 4.79 Å². The second-order valence-corrected chi connectivity index (χ2v) is 4.68. The van der Waals surface area contributed by atoms with Crippen molar-refractivity contribution in [3.8, 4) is 5.82 Å². The molecule has 5 heteroatoms. The van der Waals surface area contributed by atoms with E-state index in [1.54, 1.807) is 16.3 Å². The number of rotatable bonds is 2. The molecule has 2 heterocycles. The minimum atomic E-state index is 0.0100. The molecule has 96 valence electrons. The molecule has 0 saturated heterocycles. The van der Waals surface area contributed by atoms with E-state index in [1.807, 2.05) is 34.7 Å². The summed E-state index contributed by atoms with van der Waals surface area (Å²) in [7, 11) is 1.89. The molecule has 0 spiro atoms. The lowest BCUT2D eigenvalue weighted by molar-refractivity contribution is 0.100. The van der Waals surface area contributed by atoms with Gasteiger partial charge in [-0.25, -0.2) is 4.68 Å². The van der Waals surface area contributed by atoms with Crippen LogP contribution < -0.4 is 0 Å². The standard InChI is InChI=1S/C13H18N4O/c1-7-9(3)14-17(12(7)11(5)18)13-8(2)10(4)16(6)15-13/h1-6H3. The summed E-state index contributed by atoms with van der Waals surface area (Å²) in [6.45, 7) is 9.38. The van der Waals surface area contributed by atoms with Gasteiger partial charge in [-0.3, -0.25) is 9.48 Å². The van der Waals surface area contributed by atoms with Crippen molar-refractivity contribution in [2.75, 3.05) is 0 Å². The highest BCUT2D eigenvalue weighted by molar-refractivity contribution is 5.94. The number of aryl methyl sites for hydroxylation is 2. The molecule has 0 amide bonds. The van der Waals surface area contributed by atoms with Gasteiger partial charge in [-0.15, -0.1) is 0 Å². The summed E-state index contributed by atoms with van der Waals surface area (Å²) in [4.78, 5) is 11.8. The van der Waals surface area contributed by atoms with Gasteiger partial charge in [0.2, 0.25) is 0 Å². The first-order valence-electron chi connectivity index (χ1n) is 5.92. The molecule has 0 aromatic carbocycles. The first-order chi connectivity index (χ1) is 8.34. The number of hydrogen-bond acceptors (Lipinski definition) is 3. The lowest BCUT2D eigenvalue weighted by Crippen LogP contribution is -2.09. The van der Waals surface area contributed by atoms with Crippen LogP contribution in [0.4, 0.5) is 0 Å². The zero-order valence-electron chi connectivity index (χ0n) is 11.7. The molecule has 5 nitrogen and oxygen atoms in total. The molecule has 0 unspecified atom stereocenters. The van der Waals surface area contributed by atoms with E-state index >= 15 is 0 Å². The number of Topliss-reactive ketones (excluding diaryl/α,β-unsaturated/α-hetero) is 1. The molecule has 0 N–H and O–H groups in total. The smallest absolute Gasteiger partial charge is 0.178 e. The number of ketones is 1. The highest BCUT2D eigenvalue weighted by Crippen LogP contribution is 2.21. The van der Waals surface area contributed by atoms with E-state index in [1.165, 1.54) is 0 Å². The van der Waals surface area contributed by atoms with E-state index < -0.39 is 0 Å². The Morgan fingerprint density at radius 2 is 1.67 bits per heavy atom. The topological polar surface area (TPSA) is 52.7 Å². The summed E-state index contributed by atoms with van der Waals surface area (Å²) in [6.07, 6.45) is 0. The van der Waals surface area contributed by atoms with Gasteiger partial charge in [0.1, 0.15) is 5.69 Å². The molecule has 0 aliphatic rings. The summed E-state index contributed by atoms with van der Waals surface area (Å²) in [5.74, 6) is 0.743. The van der Waals surface area contributed by atoms with Gasteiger partial charge in [-0.2, -0.15) is 10.2 Å². The fourth-order valence-electron chi connectivity index (χ4n) is 2.07. The van der Waals surface area contributed by atoms with Gasteiger partial charge in [0.05, 0.1) is 5.69 Å². The second kappa shape index (κ2) is 4.08. The average Bonchev–Trinajstić information content (AvgIpc) is 2.72. The number of aromatic nitrogens is 4. The third-order valence-corrected chi connectivity index (χ3v) is 3.50. The predicted octanol–water partition coefficient (Wildman–Crippen LogP) is 2.04. The number of nitrogens with zero attached hydrogens (tertiary/aromatic N) is 4. The van der Waals surface area contributed by atoms with Crippen LogP contribution in [0.1, 0.15) is 39.9 Å². The number of carbonyl (C=O) groups excluding carboxylic acids is 1. The van der Waals surface area contributed by atoms with E-state index in [-0.39, 0.29) is 5.78 Å². The molecular weight excluding hydrogens is 228 g/mol. The van der Waals surface area contributed by atoms with Gasteiger partial charge in [0, 0.05) is 30.8 Å². The van der Waals surface area contributed by atoms with Crippen LogP contribution in [0.3, 0.4) is 0 Å². The van der Waals surface area contributed by atoms with Gasteiger partial charge >= 0.3 is 0 Å². The normalized spacial score (nSPS) is 11.0. The average molecular weight is 246 g/mol. The van der Waals surface area contributed by atoms with Crippen molar-refractivity contribution in [2.24, 2.45) is 7.05 Å². The van der Waals surface area contributed by atoms with Crippen LogP contribution >= 0.6 is 0 Å². The van der Waals surface area contributed by atoms with Gasteiger partial charge in [0.25, 0.3) is 0 Å². The monoisotopic (exact) mass is 246 g/mol. The maximum absolute atomic E-state index is 11.8. The Hall–Kier alpha value is -1.91. The fourth-order valence-corrected chi connectivity index (χ4v) is 2.07. The number of carbonyl (C=O) groups is 1. The number of hydrogen-bond donors (Lipinski definition) is 0. The van der Waals surface area contributed by atoms with Crippen molar-refractivity contribution < 1.29 is 4.79 Å². The summed E-state index contributed by atoms with van der Waals surface area (Å²) in [6, 6.07) is 0. The molecule has 0 fully saturated rings. The zero-order valence-corrected chi connectivity index (χ0v) is 11.7. The van der Waals surface area contributed by atoms with Crippen LogP contribution in [0.25, 0.3) is 5.82 Å². The molecule has 0 aliphatic carbocycles. The summed E-state index contributed by atoms with van der Waals surface area (Å²) in [5.41, 5.74) is 4.52. The molecule has 2 aromatic heterocycles. The van der Waals surface area contributed by atoms with Crippen LogP contribution in [-0.4, -0.2) is 25.3 Å². The van der Waals surface area contributed by atoms with E-state index in [2.05, 4.69) is 10.2 Å². The molecule has 0 radical (unpaired) electrons. The Labute approximate surface area is 106 Å². The minimum Gasteiger partial charge on any atom is -0.293 e. The van der Waals surface area contributed by atoms with Crippen molar-refractivity contribution in [3.05, 3.63) is 28.2 Å². The molecule has 2 aromatic rings. The zero-order chi connectivity index (χ0) is 13.6. The van der Waals surface area contributed by atoms with Crippen LogP contribution in [0.2, 0.25) is 0 Å². The molecule has 0 saturated carbocycles. The maximum atomic E-state index is 11.8. The summed E-state index contributed by atoms with van der Waals surface area (Å²) >= 11 is 0. The first kappa shape index (κ1) is 12.5. The molecule has 0 atom stereocenters. The fraction of sp³-hybridized carbons (Fsp3) is 0.462. The highest BCUT2D eigenvalue weighted by atomic mass is 16.1. The predicted molar refractivity (Wildman–Crippen MR) is 69.3 cm³/mol. The van der Waals surface area contributed by atoms with E-state index in [4.69, 9.17) is 0 Å². The largest absolute Gasteiger partial charge is 0.293 e. The summed E-state index contributed by atoms with van der Waals surface area (Å²) < 4.78 is 3.47. The molecule has 18 heavy (non-hydrogen) atoms. The first-order valence-corrected chi connectivity index (χ1v) is 5.92. The van der Waals surface area contributed by atoms with Gasteiger partial charge in [-0.1, -0.05) is 0 Å². The second-order valence-electron chi connectivity index (χ2n) is 4.68. The highest BCUT2D eigenvalue weighted by Gasteiger charge is 2.20. The van der Waals surface area contributed by atoms with E-state index in [0.717, 1.165) is 28.3 Å². The maximum Gasteiger partial charge on any atom is 0.178 e. The lowest BCUT2D eigenvalue weighted by Gasteiger charge is -2.03. The van der Waals surface area contributed by atoms with Crippen molar-refractivity contribution in [1.29, 1.82) is 0 Å². The van der Waals surface area contributed by atoms with Gasteiger partial charge < -0.3 is 0 Å².